The van der Waals surface area contributed by atoms with E-state index in [2.05, 4.69) is 5.32 Å². The molecule has 1 rings (SSSR count). The number of hydrogen-bond acceptors (Lipinski definition) is 5. The number of carboxylic acid groups (broad SMARTS) is 1. The monoisotopic (exact) mass is 308 g/mol. The smallest absolute Gasteiger partial charge is 0.327 e. The molecule has 6 nitrogen and oxygen atoms in total. The topological polar surface area (TPSA) is 99.4 Å². The maximum absolute atomic E-state index is 11.0. The second-order valence-corrected chi connectivity index (χ2v) is 5.28. The molecule has 0 fully saturated rings. The van der Waals surface area contributed by atoms with Crippen molar-refractivity contribution >= 4 is 23.6 Å². The van der Waals surface area contributed by atoms with Crippen molar-refractivity contribution in [3.05, 3.63) is 29.3 Å². The van der Waals surface area contributed by atoms with Gasteiger partial charge in [-0.3, -0.25) is 4.79 Å². The fraction of sp³-hybridized carbons (Fsp3) is 0.357. The number of benzene rings is 1. The molecule has 0 aliphatic heterocycles. The molecule has 1 aromatic rings. The Morgan fingerprint density at radius 2 is 2.24 bits per heavy atom. The van der Waals surface area contributed by atoms with E-state index in [0.717, 1.165) is 5.56 Å². The lowest BCUT2D eigenvalue weighted by Crippen LogP contribution is -2.41. The van der Waals surface area contributed by atoms with Crippen LogP contribution in [-0.2, 0) is 15.3 Å². The van der Waals surface area contributed by atoms with Crippen LogP contribution in [0.4, 0.5) is 0 Å². The predicted molar refractivity (Wildman–Crippen MR) is 79.1 cm³/mol. The Balaban J connectivity index is 2.61. The summed E-state index contributed by atoms with van der Waals surface area (Å²) in [5, 5.41) is 20.3. The normalized spacial score (nSPS) is 11.3. The van der Waals surface area contributed by atoms with Crippen LogP contribution in [-0.4, -0.2) is 35.9 Å². The third-order valence-corrected chi connectivity index (χ3v) is 3.72. The highest BCUT2D eigenvalue weighted by Gasteiger charge is 2.18. The molecule has 112 valence electrons. The molecule has 7 heteroatoms. The van der Waals surface area contributed by atoms with Crippen molar-refractivity contribution in [2.24, 2.45) is 0 Å². The van der Waals surface area contributed by atoms with E-state index in [1.807, 2.05) is 6.07 Å². The molecule has 1 amide bonds. The van der Waals surface area contributed by atoms with Crippen molar-refractivity contribution in [2.75, 3.05) is 12.9 Å². The number of methoxy groups -OCH3 is 1. The number of aliphatic carboxylic acids is 1. The summed E-state index contributed by atoms with van der Waals surface area (Å²) < 4.78 is 5.11. The molecule has 0 radical (unpaired) electrons. The van der Waals surface area contributed by atoms with E-state index >= 15 is 0 Å². The summed E-state index contributed by atoms with van der Waals surface area (Å²) in [5.74, 6) is -0.117. The number of thioether (sulfide) groups is 1. The summed E-state index contributed by atoms with van der Waals surface area (Å²) in [6, 6.07) is 6.33. The van der Waals surface area contributed by atoms with Gasteiger partial charge in [0.2, 0.25) is 5.91 Å². The minimum atomic E-state index is -1.06. The standard InChI is InChI=1S/C14H16N2O4S/c1-9(17)16-12(14(18)19)8-21-7-10-3-4-11(6-15)13(5-10)20-2/h3-5,12H,7-8H2,1-2H3,(H,16,17)(H,18,19)/t12-/m0/s1. The number of hydrogen-bond donors (Lipinski definition) is 2. The molecule has 0 aromatic heterocycles. The number of carbonyl (C=O) groups excluding carboxylic acids is 1. The fourth-order valence-electron chi connectivity index (χ4n) is 1.63. The van der Waals surface area contributed by atoms with Crippen LogP contribution in [0.5, 0.6) is 5.75 Å². The molecular formula is C14H16N2O4S. The number of carbonyl (C=O) groups is 2. The molecule has 0 heterocycles. The maximum atomic E-state index is 11.0. The van der Waals surface area contributed by atoms with Crippen molar-refractivity contribution in [1.82, 2.24) is 5.32 Å². The zero-order valence-corrected chi connectivity index (χ0v) is 12.6. The first-order valence-electron chi connectivity index (χ1n) is 6.12. The second-order valence-electron chi connectivity index (χ2n) is 4.25. The lowest BCUT2D eigenvalue weighted by atomic mass is 10.1. The van der Waals surface area contributed by atoms with E-state index in [-0.39, 0.29) is 11.7 Å². The lowest BCUT2D eigenvalue weighted by molar-refractivity contribution is -0.140. The SMILES string of the molecule is COc1cc(CSC[C@H](NC(C)=O)C(=O)O)ccc1C#N. The van der Waals surface area contributed by atoms with Crippen LogP contribution < -0.4 is 10.1 Å². The van der Waals surface area contributed by atoms with Crippen molar-refractivity contribution in [1.29, 1.82) is 5.26 Å². The molecular weight excluding hydrogens is 292 g/mol. The average Bonchev–Trinajstić information content (AvgIpc) is 2.45. The van der Waals surface area contributed by atoms with Gasteiger partial charge in [0, 0.05) is 18.4 Å². The summed E-state index contributed by atoms with van der Waals surface area (Å²) in [4.78, 5) is 21.9. The van der Waals surface area contributed by atoms with Crippen molar-refractivity contribution in [3.63, 3.8) is 0 Å². The van der Waals surface area contributed by atoms with Crippen LogP contribution >= 0.6 is 11.8 Å². The molecule has 0 spiro atoms. The van der Waals surface area contributed by atoms with Crippen molar-refractivity contribution < 1.29 is 19.4 Å². The van der Waals surface area contributed by atoms with Crippen LogP contribution in [0.1, 0.15) is 18.1 Å². The summed E-state index contributed by atoms with van der Waals surface area (Å²) in [6.07, 6.45) is 0. The molecule has 1 aromatic carbocycles. The Bertz CT molecular complexity index is 569. The number of nitriles is 1. The minimum Gasteiger partial charge on any atom is -0.495 e. The molecule has 21 heavy (non-hydrogen) atoms. The van der Waals surface area contributed by atoms with Gasteiger partial charge in [-0.25, -0.2) is 4.79 Å². The van der Waals surface area contributed by atoms with Crippen LogP contribution in [0, 0.1) is 11.3 Å². The predicted octanol–water partition coefficient (Wildman–Crippen LogP) is 1.39. The molecule has 0 bridgehead atoms. The zero-order valence-electron chi connectivity index (χ0n) is 11.8. The number of ether oxygens (including phenoxy) is 1. The van der Waals surface area contributed by atoms with Crippen molar-refractivity contribution in [3.8, 4) is 11.8 Å². The summed E-state index contributed by atoms with van der Waals surface area (Å²) in [7, 11) is 1.49. The second kappa shape index (κ2) is 8.17. The Hall–Kier alpha value is -2.20. The van der Waals surface area contributed by atoms with E-state index in [1.54, 1.807) is 18.2 Å². The summed E-state index contributed by atoms with van der Waals surface area (Å²) in [6.45, 7) is 1.28. The fourth-order valence-corrected chi connectivity index (χ4v) is 2.63. The quantitative estimate of drug-likeness (QED) is 0.789. The zero-order chi connectivity index (χ0) is 15.8. The van der Waals surface area contributed by atoms with Gasteiger partial charge in [-0.15, -0.1) is 0 Å². The van der Waals surface area contributed by atoms with E-state index in [4.69, 9.17) is 15.1 Å². The number of nitrogens with zero attached hydrogens (tertiary/aromatic N) is 1. The first kappa shape index (κ1) is 16.9. The van der Waals surface area contributed by atoms with Crippen molar-refractivity contribution in [2.45, 2.75) is 18.7 Å². The molecule has 1 atom stereocenters. The summed E-state index contributed by atoms with van der Waals surface area (Å²) in [5.41, 5.74) is 1.37. The van der Waals surface area contributed by atoms with Gasteiger partial charge in [-0.2, -0.15) is 17.0 Å². The first-order chi connectivity index (χ1) is 9.97. The number of rotatable bonds is 7. The van der Waals surface area contributed by atoms with Gasteiger partial charge >= 0.3 is 5.97 Å². The van der Waals surface area contributed by atoms with Gasteiger partial charge in [-0.05, 0) is 17.7 Å². The molecule has 2 N–H and O–H groups in total. The van der Waals surface area contributed by atoms with E-state index < -0.39 is 12.0 Å². The van der Waals surface area contributed by atoms with E-state index in [1.165, 1.54) is 25.8 Å². The molecule has 0 unspecified atom stereocenters. The Kier molecular flexibility index (Phi) is 6.56. The first-order valence-corrected chi connectivity index (χ1v) is 7.28. The maximum Gasteiger partial charge on any atom is 0.327 e. The molecule has 0 aliphatic carbocycles. The number of amides is 1. The largest absolute Gasteiger partial charge is 0.495 e. The number of nitrogens with one attached hydrogen (secondary N) is 1. The van der Waals surface area contributed by atoms with E-state index in [9.17, 15) is 9.59 Å². The highest BCUT2D eigenvalue weighted by molar-refractivity contribution is 7.98. The van der Waals surface area contributed by atoms with Gasteiger partial charge in [0.25, 0.3) is 0 Å². The summed E-state index contributed by atoms with van der Waals surface area (Å²) >= 11 is 1.38. The van der Waals surface area contributed by atoms with Gasteiger partial charge in [-0.1, -0.05) is 6.07 Å². The molecule has 0 aliphatic rings. The number of carboxylic acids is 1. The van der Waals surface area contributed by atoms with Gasteiger partial charge in [0.05, 0.1) is 12.7 Å². The van der Waals surface area contributed by atoms with Gasteiger partial charge < -0.3 is 15.2 Å². The van der Waals surface area contributed by atoms with Gasteiger partial charge in [0.1, 0.15) is 17.9 Å². The van der Waals surface area contributed by atoms with Crippen LogP contribution in [0.25, 0.3) is 0 Å². The molecule has 0 saturated heterocycles. The lowest BCUT2D eigenvalue weighted by Gasteiger charge is -2.13. The van der Waals surface area contributed by atoms with Gasteiger partial charge in [0.15, 0.2) is 0 Å². The van der Waals surface area contributed by atoms with E-state index in [0.29, 0.717) is 17.1 Å². The Labute approximate surface area is 127 Å². The molecule has 0 saturated carbocycles. The Morgan fingerprint density at radius 1 is 1.52 bits per heavy atom. The third kappa shape index (κ3) is 5.36. The van der Waals surface area contributed by atoms with Crippen LogP contribution in [0.15, 0.2) is 18.2 Å². The average molecular weight is 308 g/mol. The van der Waals surface area contributed by atoms with Crippen LogP contribution in [0.3, 0.4) is 0 Å². The third-order valence-electron chi connectivity index (χ3n) is 2.62. The highest BCUT2D eigenvalue weighted by atomic mass is 32.2. The Morgan fingerprint density at radius 3 is 2.76 bits per heavy atom. The highest BCUT2D eigenvalue weighted by Crippen LogP contribution is 2.22. The van der Waals surface area contributed by atoms with Crippen LogP contribution in [0.2, 0.25) is 0 Å². The minimum absolute atomic E-state index is 0.261.